The summed E-state index contributed by atoms with van der Waals surface area (Å²) in [5, 5.41) is 9.04. The number of anilines is 1. The molecule has 1 aliphatic rings. The van der Waals surface area contributed by atoms with Gasteiger partial charge < -0.3 is 15.7 Å². The number of rotatable bonds is 2. The first kappa shape index (κ1) is 12.8. The van der Waals surface area contributed by atoms with Gasteiger partial charge in [0.25, 0.3) is 5.91 Å². The Balaban J connectivity index is 2.08. The maximum absolute atomic E-state index is 12.9. The molecule has 1 aromatic rings. The summed E-state index contributed by atoms with van der Waals surface area (Å²) in [6.07, 6.45) is 1.59. The lowest BCUT2D eigenvalue weighted by Gasteiger charge is -2.31. The van der Waals surface area contributed by atoms with E-state index in [9.17, 15) is 9.18 Å². The Labute approximate surface area is 105 Å². The summed E-state index contributed by atoms with van der Waals surface area (Å²) in [6, 6.07) is 3.82. The number of aliphatic hydroxyl groups is 1. The third-order valence-electron chi connectivity index (χ3n) is 3.40. The summed E-state index contributed by atoms with van der Waals surface area (Å²) >= 11 is 0. The molecule has 0 bridgehead atoms. The fourth-order valence-corrected chi connectivity index (χ4v) is 2.22. The first-order chi connectivity index (χ1) is 8.61. The molecule has 18 heavy (non-hydrogen) atoms. The van der Waals surface area contributed by atoms with Crippen LogP contribution in [0.3, 0.4) is 0 Å². The van der Waals surface area contributed by atoms with Gasteiger partial charge in [-0.05, 0) is 37.0 Å². The zero-order valence-electron chi connectivity index (χ0n) is 10.1. The number of benzene rings is 1. The third kappa shape index (κ3) is 2.61. The van der Waals surface area contributed by atoms with Gasteiger partial charge in [-0.25, -0.2) is 4.39 Å². The summed E-state index contributed by atoms with van der Waals surface area (Å²) in [6.45, 7) is 1.39. The number of nitrogen functional groups attached to an aromatic ring is 1. The minimum atomic E-state index is -0.442. The van der Waals surface area contributed by atoms with Crippen LogP contribution in [0, 0.1) is 11.7 Å². The van der Waals surface area contributed by atoms with Gasteiger partial charge in [-0.1, -0.05) is 0 Å². The Kier molecular flexibility index (Phi) is 3.81. The second kappa shape index (κ2) is 5.35. The van der Waals surface area contributed by atoms with Gasteiger partial charge in [0.2, 0.25) is 0 Å². The topological polar surface area (TPSA) is 66.6 Å². The largest absolute Gasteiger partial charge is 0.398 e. The predicted octanol–water partition coefficient (Wildman–Crippen LogP) is 1.25. The molecule has 5 heteroatoms. The molecule has 4 nitrogen and oxygen atoms in total. The molecule has 1 aliphatic heterocycles. The van der Waals surface area contributed by atoms with E-state index in [2.05, 4.69) is 0 Å². The predicted molar refractivity (Wildman–Crippen MR) is 66.5 cm³/mol. The number of likely N-dealkylation sites (tertiary alicyclic amines) is 1. The van der Waals surface area contributed by atoms with Crippen molar-refractivity contribution in [1.29, 1.82) is 0 Å². The lowest BCUT2D eigenvalue weighted by atomic mass is 9.97. The number of aliphatic hydroxyl groups excluding tert-OH is 1. The summed E-state index contributed by atoms with van der Waals surface area (Å²) in [5.74, 6) is -0.327. The average molecular weight is 252 g/mol. The molecule has 0 radical (unpaired) electrons. The highest BCUT2D eigenvalue weighted by Crippen LogP contribution is 2.21. The molecule has 1 heterocycles. The quantitative estimate of drug-likeness (QED) is 0.778. The smallest absolute Gasteiger partial charge is 0.255 e. The Morgan fingerprint density at radius 1 is 1.44 bits per heavy atom. The molecule has 0 aromatic heterocycles. The van der Waals surface area contributed by atoms with Crippen molar-refractivity contribution >= 4 is 11.6 Å². The van der Waals surface area contributed by atoms with E-state index < -0.39 is 5.82 Å². The Bertz CT molecular complexity index is 443. The van der Waals surface area contributed by atoms with E-state index in [0.29, 0.717) is 18.7 Å². The van der Waals surface area contributed by atoms with Crippen LogP contribution in [0.15, 0.2) is 18.2 Å². The zero-order chi connectivity index (χ0) is 13.1. The van der Waals surface area contributed by atoms with Crippen molar-refractivity contribution in [1.82, 2.24) is 4.90 Å². The first-order valence-electron chi connectivity index (χ1n) is 6.07. The molecule has 1 saturated heterocycles. The highest BCUT2D eigenvalue weighted by molar-refractivity contribution is 5.99. The fraction of sp³-hybridized carbons (Fsp3) is 0.462. The van der Waals surface area contributed by atoms with Crippen LogP contribution in [0.25, 0.3) is 0 Å². The molecule has 0 aliphatic carbocycles. The normalized spacial score (nSPS) is 16.9. The van der Waals surface area contributed by atoms with Crippen LogP contribution >= 0.6 is 0 Å². The van der Waals surface area contributed by atoms with Gasteiger partial charge in [-0.2, -0.15) is 0 Å². The maximum Gasteiger partial charge on any atom is 0.255 e. The molecule has 0 unspecified atom stereocenters. The Morgan fingerprint density at radius 2 is 2.11 bits per heavy atom. The van der Waals surface area contributed by atoms with E-state index in [0.717, 1.165) is 18.9 Å². The van der Waals surface area contributed by atoms with Crippen molar-refractivity contribution in [3.63, 3.8) is 0 Å². The van der Waals surface area contributed by atoms with Crippen molar-refractivity contribution < 1.29 is 14.3 Å². The highest BCUT2D eigenvalue weighted by atomic mass is 19.1. The minimum Gasteiger partial charge on any atom is -0.398 e. The molecule has 0 spiro atoms. The average Bonchev–Trinajstić information content (AvgIpc) is 2.38. The summed E-state index contributed by atoms with van der Waals surface area (Å²) in [7, 11) is 0. The van der Waals surface area contributed by atoms with Gasteiger partial charge >= 0.3 is 0 Å². The Hall–Kier alpha value is -1.62. The standard InChI is InChI=1S/C13H17FN2O2/c14-10-1-2-11(12(15)7-10)13(18)16-5-3-9(8-17)4-6-16/h1-2,7,9,17H,3-6,8,15H2. The van der Waals surface area contributed by atoms with E-state index >= 15 is 0 Å². The first-order valence-corrected chi connectivity index (χ1v) is 6.07. The number of carbonyl (C=O) groups is 1. The number of hydrogen-bond acceptors (Lipinski definition) is 3. The van der Waals surface area contributed by atoms with E-state index in [-0.39, 0.29) is 24.1 Å². The van der Waals surface area contributed by atoms with E-state index in [1.54, 1.807) is 4.90 Å². The van der Waals surface area contributed by atoms with Gasteiger partial charge in [0.05, 0.1) is 5.56 Å². The van der Waals surface area contributed by atoms with Gasteiger partial charge in [0.1, 0.15) is 5.82 Å². The molecule has 1 aromatic carbocycles. The second-order valence-electron chi connectivity index (χ2n) is 4.65. The molecule has 3 N–H and O–H groups in total. The third-order valence-corrected chi connectivity index (χ3v) is 3.40. The number of halogens is 1. The number of amides is 1. The SMILES string of the molecule is Nc1cc(F)ccc1C(=O)N1CCC(CO)CC1. The van der Waals surface area contributed by atoms with Crippen LogP contribution in [0.2, 0.25) is 0 Å². The molecular weight excluding hydrogens is 235 g/mol. The van der Waals surface area contributed by atoms with Crippen LogP contribution in [-0.2, 0) is 0 Å². The number of nitrogens with two attached hydrogens (primary N) is 1. The summed E-state index contributed by atoms with van der Waals surface area (Å²) in [4.78, 5) is 13.9. The second-order valence-corrected chi connectivity index (χ2v) is 4.65. The van der Waals surface area contributed by atoms with Crippen molar-refractivity contribution in [2.45, 2.75) is 12.8 Å². The fourth-order valence-electron chi connectivity index (χ4n) is 2.22. The molecule has 2 rings (SSSR count). The Morgan fingerprint density at radius 3 is 2.67 bits per heavy atom. The van der Waals surface area contributed by atoms with Crippen molar-refractivity contribution in [3.8, 4) is 0 Å². The van der Waals surface area contributed by atoms with Gasteiger partial charge in [0, 0.05) is 25.4 Å². The molecule has 1 amide bonds. The minimum absolute atomic E-state index is 0.163. The molecular formula is C13H17FN2O2. The molecule has 98 valence electrons. The lowest BCUT2D eigenvalue weighted by Crippen LogP contribution is -2.39. The maximum atomic E-state index is 12.9. The van der Waals surface area contributed by atoms with Gasteiger partial charge in [-0.3, -0.25) is 4.79 Å². The zero-order valence-corrected chi connectivity index (χ0v) is 10.1. The summed E-state index contributed by atoms with van der Waals surface area (Å²) in [5.41, 5.74) is 6.17. The van der Waals surface area contributed by atoms with Crippen LogP contribution in [0.4, 0.5) is 10.1 Å². The van der Waals surface area contributed by atoms with Crippen LogP contribution in [0.1, 0.15) is 23.2 Å². The lowest BCUT2D eigenvalue weighted by molar-refractivity contribution is 0.0652. The van der Waals surface area contributed by atoms with Crippen LogP contribution < -0.4 is 5.73 Å². The van der Waals surface area contributed by atoms with Crippen molar-refractivity contribution in [3.05, 3.63) is 29.6 Å². The van der Waals surface area contributed by atoms with Gasteiger partial charge in [0.15, 0.2) is 0 Å². The van der Waals surface area contributed by atoms with Crippen molar-refractivity contribution in [2.24, 2.45) is 5.92 Å². The molecule has 1 fully saturated rings. The van der Waals surface area contributed by atoms with Crippen LogP contribution in [0.5, 0.6) is 0 Å². The van der Waals surface area contributed by atoms with Crippen LogP contribution in [-0.4, -0.2) is 35.6 Å². The van der Waals surface area contributed by atoms with E-state index in [4.69, 9.17) is 10.8 Å². The van der Waals surface area contributed by atoms with Gasteiger partial charge in [-0.15, -0.1) is 0 Å². The number of carbonyl (C=O) groups excluding carboxylic acids is 1. The molecule has 0 saturated carbocycles. The number of nitrogens with zero attached hydrogens (tertiary/aromatic N) is 1. The number of piperidine rings is 1. The summed E-state index contributed by atoms with van der Waals surface area (Å²) < 4.78 is 12.9. The van der Waals surface area contributed by atoms with E-state index in [1.807, 2.05) is 0 Å². The monoisotopic (exact) mass is 252 g/mol. The highest BCUT2D eigenvalue weighted by Gasteiger charge is 2.24. The van der Waals surface area contributed by atoms with Crippen molar-refractivity contribution in [2.75, 3.05) is 25.4 Å². The number of hydrogen-bond donors (Lipinski definition) is 2. The van der Waals surface area contributed by atoms with E-state index in [1.165, 1.54) is 12.1 Å². The molecule has 0 atom stereocenters.